The Kier molecular flexibility index (Phi) is 2.48. The van der Waals surface area contributed by atoms with Crippen LogP contribution in [-0.4, -0.2) is 12.1 Å². The van der Waals surface area contributed by atoms with Crippen molar-refractivity contribution in [3.63, 3.8) is 0 Å². The molecule has 1 aliphatic rings. The molecule has 0 saturated heterocycles. The highest BCUT2D eigenvalue weighted by Gasteiger charge is 2.46. The summed E-state index contributed by atoms with van der Waals surface area (Å²) in [6.45, 7) is 0. The zero-order valence-corrected chi connectivity index (χ0v) is 10.2. The summed E-state index contributed by atoms with van der Waals surface area (Å²) in [7, 11) is 1.16. The number of benzene rings is 1. The van der Waals surface area contributed by atoms with Crippen LogP contribution in [0, 0.1) is 17.1 Å². The largest absolute Gasteiger partial charge is 0.479 e. The fraction of sp³-hybridized carbons (Fsp3) is 0.143. The monoisotopic (exact) mass is 276 g/mol. The second-order valence-corrected chi connectivity index (χ2v) is 4.32. The van der Waals surface area contributed by atoms with Gasteiger partial charge >= 0.3 is 5.92 Å². The van der Waals surface area contributed by atoms with Crippen molar-refractivity contribution in [1.29, 1.82) is 5.26 Å². The van der Waals surface area contributed by atoms with E-state index in [0.29, 0.717) is 0 Å². The molecule has 0 atom stereocenters. The van der Waals surface area contributed by atoms with Gasteiger partial charge in [-0.2, -0.15) is 14.0 Å². The molecule has 0 spiro atoms. The fourth-order valence-corrected chi connectivity index (χ4v) is 2.30. The normalized spacial score (nSPS) is 14.3. The lowest BCUT2D eigenvalue weighted by molar-refractivity contribution is 0.0426. The first-order chi connectivity index (χ1) is 9.48. The number of nitrogens with zero attached hydrogens (tertiary/aromatic N) is 2. The number of ether oxygens (including phenoxy) is 1. The second kappa shape index (κ2) is 3.97. The molecule has 1 aliphatic carbocycles. The van der Waals surface area contributed by atoms with E-state index in [4.69, 9.17) is 5.26 Å². The van der Waals surface area contributed by atoms with Crippen molar-refractivity contribution < 1.29 is 17.9 Å². The quantitative estimate of drug-likeness (QED) is 0.803. The van der Waals surface area contributed by atoms with Gasteiger partial charge < -0.3 is 4.74 Å². The Morgan fingerprint density at radius 3 is 2.65 bits per heavy atom. The van der Waals surface area contributed by atoms with Crippen LogP contribution in [0.3, 0.4) is 0 Å². The molecule has 0 bridgehead atoms. The van der Waals surface area contributed by atoms with Crippen LogP contribution >= 0.6 is 0 Å². The van der Waals surface area contributed by atoms with Gasteiger partial charge in [-0.1, -0.05) is 6.07 Å². The van der Waals surface area contributed by atoms with Gasteiger partial charge in [0, 0.05) is 11.1 Å². The van der Waals surface area contributed by atoms with Crippen molar-refractivity contribution in [3.8, 4) is 23.1 Å². The molecule has 1 aromatic carbocycles. The summed E-state index contributed by atoms with van der Waals surface area (Å²) in [5, 5.41) is 8.84. The molecule has 0 radical (unpaired) electrons. The van der Waals surface area contributed by atoms with E-state index in [1.807, 2.05) is 6.07 Å². The highest BCUT2D eigenvalue weighted by atomic mass is 19.3. The smallest absolute Gasteiger partial charge is 0.316 e. The van der Waals surface area contributed by atoms with Crippen LogP contribution < -0.4 is 4.74 Å². The highest BCUT2D eigenvalue weighted by molar-refractivity contribution is 5.79. The van der Waals surface area contributed by atoms with Gasteiger partial charge in [-0.15, -0.1) is 0 Å². The predicted molar refractivity (Wildman–Crippen MR) is 63.9 cm³/mol. The SMILES string of the molecule is COc1nc2c(cc1F)-c1cc(C#N)ccc1C2(F)F. The standard InChI is InChI=1S/C14H7F3N2O/c1-20-13-11(15)5-9-8-4-7(6-18)2-3-10(8)14(16,17)12(9)19-13/h2-5H,1H3. The minimum Gasteiger partial charge on any atom is -0.479 e. The molecular weight excluding hydrogens is 269 g/mol. The van der Waals surface area contributed by atoms with Crippen molar-refractivity contribution in [2.24, 2.45) is 0 Å². The van der Waals surface area contributed by atoms with E-state index in [-0.39, 0.29) is 22.3 Å². The van der Waals surface area contributed by atoms with Crippen LogP contribution in [0.5, 0.6) is 5.88 Å². The molecule has 0 N–H and O–H groups in total. The van der Waals surface area contributed by atoms with Gasteiger partial charge in [0.1, 0.15) is 5.69 Å². The van der Waals surface area contributed by atoms with Gasteiger partial charge in [0.25, 0.3) is 5.88 Å². The summed E-state index contributed by atoms with van der Waals surface area (Å²) in [5.41, 5.74) is -0.505. The van der Waals surface area contributed by atoms with E-state index in [1.54, 1.807) is 0 Å². The molecule has 20 heavy (non-hydrogen) atoms. The minimum absolute atomic E-state index is 0.0135. The van der Waals surface area contributed by atoms with Crippen LogP contribution in [0.2, 0.25) is 0 Å². The maximum Gasteiger partial charge on any atom is 0.316 e. The number of aromatic nitrogens is 1. The fourth-order valence-electron chi connectivity index (χ4n) is 2.30. The number of halogens is 3. The van der Waals surface area contributed by atoms with E-state index in [9.17, 15) is 13.2 Å². The van der Waals surface area contributed by atoms with Gasteiger partial charge in [0.05, 0.1) is 18.7 Å². The van der Waals surface area contributed by atoms with E-state index in [0.717, 1.165) is 13.2 Å². The Morgan fingerprint density at radius 2 is 2.00 bits per heavy atom. The third-order valence-corrected chi connectivity index (χ3v) is 3.21. The van der Waals surface area contributed by atoms with Crippen LogP contribution in [-0.2, 0) is 5.92 Å². The number of pyridine rings is 1. The van der Waals surface area contributed by atoms with E-state index < -0.39 is 23.3 Å². The molecule has 100 valence electrons. The van der Waals surface area contributed by atoms with Crippen LogP contribution in [0.4, 0.5) is 13.2 Å². The Balaban J connectivity index is 2.35. The highest BCUT2D eigenvalue weighted by Crippen LogP contribution is 2.51. The maximum absolute atomic E-state index is 14.3. The molecule has 2 aromatic rings. The molecule has 0 amide bonds. The van der Waals surface area contributed by atoms with Crippen molar-refractivity contribution in [2.45, 2.75) is 5.92 Å². The molecule has 3 rings (SSSR count). The van der Waals surface area contributed by atoms with Crippen LogP contribution in [0.25, 0.3) is 11.1 Å². The molecule has 0 unspecified atom stereocenters. The summed E-state index contributed by atoms with van der Waals surface area (Å²) in [5.74, 6) is -4.63. The number of fused-ring (bicyclic) bond motifs is 3. The van der Waals surface area contributed by atoms with Crippen molar-refractivity contribution in [3.05, 3.63) is 46.9 Å². The molecule has 3 nitrogen and oxygen atoms in total. The third kappa shape index (κ3) is 1.50. The summed E-state index contributed by atoms with van der Waals surface area (Å²) in [6, 6.07) is 6.60. The first kappa shape index (κ1) is 12.5. The van der Waals surface area contributed by atoms with E-state index >= 15 is 0 Å². The molecular formula is C14H7F3N2O. The van der Waals surface area contributed by atoms with Crippen molar-refractivity contribution in [2.75, 3.05) is 7.11 Å². The Hall–Kier alpha value is -2.55. The third-order valence-electron chi connectivity index (χ3n) is 3.21. The van der Waals surface area contributed by atoms with Crippen molar-refractivity contribution in [1.82, 2.24) is 4.98 Å². The number of hydrogen-bond acceptors (Lipinski definition) is 3. The van der Waals surface area contributed by atoms with E-state index in [2.05, 4.69) is 9.72 Å². The summed E-state index contributed by atoms with van der Waals surface area (Å²) in [6.07, 6.45) is 0. The van der Waals surface area contributed by atoms with Crippen molar-refractivity contribution >= 4 is 0 Å². The molecule has 1 aromatic heterocycles. The maximum atomic E-state index is 14.3. The molecule has 0 saturated carbocycles. The minimum atomic E-state index is -3.33. The number of nitriles is 1. The first-order valence-corrected chi connectivity index (χ1v) is 5.67. The molecule has 1 heterocycles. The van der Waals surface area contributed by atoms with Gasteiger partial charge in [0.15, 0.2) is 5.82 Å². The molecule has 0 fully saturated rings. The lowest BCUT2D eigenvalue weighted by atomic mass is 10.0. The number of alkyl halides is 2. The lowest BCUT2D eigenvalue weighted by Gasteiger charge is -2.11. The van der Waals surface area contributed by atoms with Gasteiger partial charge in [-0.25, -0.2) is 9.37 Å². The average molecular weight is 276 g/mol. The van der Waals surface area contributed by atoms with Gasteiger partial charge in [-0.05, 0) is 23.8 Å². The topological polar surface area (TPSA) is 45.9 Å². The Morgan fingerprint density at radius 1 is 1.25 bits per heavy atom. The Labute approximate surface area is 112 Å². The molecule has 6 heteroatoms. The van der Waals surface area contributed by atoms with Crippen LogP contribution in [0.1, 0.15) is 16.8 Å². The summed E-state index contributed by atoms with van der Waals surface area (Å²) in [4.78, 5) is 3.56. The van der Waals surface area contributed by atoms with E-state index in [1.165, 1.54) is 18.2 Å². The van der Waals surface area contributed by atoms with Gasteiger partial charge in [0.2, 0.25) is 0 Å². The molecule has 0 aliphatic heterocycles. The lowest BCUT2D eigenvalue weighted by Crippen LogP contribution is -2.13. The van der Waals surface area contributed by atoms with Gasteiger partial charge in [-0.3, -0.25) is 0 Å². The number of rotatable bonds is 1. The number of hydrogen-bond donors (Lipinski definition) is 0. The summed E-state index contributed by atoms with van der Waals surface area (Å²) >= 11 is 0. The zero-order chi connectivity index (χ0) is 14.5. The first-order valence-electron chi connectivity index (χ1n) is 5.67. The van der Waals surface area contributed by atoms with Crippen LogP contribution in [0.15, 0.2) is 24.3 Å². The Bertz CT molecular complexity index is 766. The zero-order valence-electron chi connectivity index (χ0n) is 10.2. The predicted octanol–water partition coefficient (Wildman–Crippen LogP) is 3.22. The summed E-state index contributed by atoms with van der Waals surface area (Å²) < 4.78 is 46.9. The average Bonchev–Trinajstić information content (AvgIpc) is 2.66. The second-order valence-electron chi connectivity index (χ2n) is 4.32. The number of methoxy groups -OCH3 is 1.